The third-order valence-electron chi connectivity index (χ3n) is 4.26. The van der Waals surface area contributed by atoms with Crippen LogP contribution in [0, 0.1) is 0 Å². The van der Waals surface area contributed by atoms with E-state index in [1.54, 1.807) is 12.1 Å². The molecule has 24 heavy (non-hydrogen) atoms. The summed E-state index contributed by atoms with van der Waals surface area (Å²) in [6, 6.07) is 13.2. The Hall–Kier alpha value is -2.86. The Kier molecular flexibility index (Phi) is 3.66. The van der Waals surface area contributed by atoms with E-state index in [-0.39, 0.29) is 5.56 Å². The van der Waals surface area contributed by atoms with Crippen LogP contribution in [-0.2, 0) is 4.74 Å². The average molecular weight is 323 g/mol. The van der Waals surface area contributed by atoms with E-state index in [9.17, 15) is 9.90 Å². The summed E-state index contributed by atoms with van der Waals surface area (Å²) in [5.41, 5.74) is 3.50. The van der Waals surface area contributed by atoms with Gasteiger partial charge in [0.1, 0.15) is 11.3 Å². The molecule has 0 aliphatic carbocycles. The second kappa shape index (κ2) is 5.98. The third kappa shape index (κ3) is 2.61. The Labute approximate surface area is 138 Å². The number of carbonyl (C=O) groups is 1. The minimum absolute atomic E-state index is 0.208. The number of H-pyrrole nitrogens is 1. The van der Waals surface area contributed by atoms with Gasteiger partial charge >= 0.3 is 5.97 Å². The highest BCUT2D eigenvalue weighted by molar-refractivity contribution is 6.01. The van der Waals surface area contributed by atoms with Crippen molar-refractivity contribution in [3.05, 3.63) is 48.0 Å². The highest BCUT2D eigenvalue weighted by Crippen LogP contribution is 2.25. The fourth-order valence-corrected chi connectivity index (χ4v) is 2.99. The summed E-state index contributed by atoms with van der Waals surface area (Å²) in [6.45, 7) is 3.30. The van der Waals surface area contributed by atoms with Gasteiger partial charge in [-0.3, -0.25) is 0 Å². The summed E-state index contributed by atoms with van der Waals surface area (Å²) in [7, 11) is 0. The van der Waals surface area contributed by atoms with Gasteiger partial charge in [-0.2, -0.15) is 0 Å². The Balaban J connectivity index is 1.67. The van der Waals surface area contributed by atoms with E-state index in [1.165, 1.54) is 0 Å². The minimum atomic E-state index is -0.971. The standard InChI is InChI=1S/C18H17N3O3/c22-18(23)14-2-1-3-15-16(14)20-17(19-15)12-4-6-13(7-5-12)21-8-10-24-11-9-21/h1-7H,8-11H2,(H,19,20)(H,22,23). The summed E-state index contributed by atoms with van der Waals surface area (Å²) in [6.07, 6.45) is 0. The largest absolute Gasteiger partial charge is 0.478 e. The number of benzene rings is 2. The Morgan fingerprint density at radius 1 is 1.12 bits per heavy atom. The molecule has 122 valence electrons. The number of ether oxygens (including phenoxy) is 1. The molecule has 6 heteroatoms. The topological polar surface area (TPSA) is 78.5 Å². The summed E-state index contributed by atoms with van der Waals surface area (Å²) in [5, 5.41) is 9.27. The molecule has 0 atom stereocenters. The summed E-state index contributed by atoms with van der Waals surface area (Å²) < 4.78 is 5.37. The normalized spacial score (nSPS) is 14.9. The van der Waals surface area contributed by atoms with Crippen molar-refractivity contribution in [2.45, 2.75) is 0 Å². The molecular formula is C18H17N3O3. The molecule has 1 aromatic heterocycles. The van der Waals surface area contributed by atoms with Crippen LogP contribution in [0.4, 0.5) is 5.69 Å². The van der Waals surface area contributed by atoms with Crippen molar-refractivity contribution in [2.75, 3.05) is 31.2 Å². The molecule has 0 amide bonds. The summed E-state index contributed by atoms with van der Waals surface area (Å²) in [5.74, 6) is -0.298. The van der Waals surface area contributed by atoms with Gasteiger partial charge in [-0.1, -0.05) is 6.07 Å². The molecule has 3 aromatic rings. The zero-order valence-electron chi connectivity index (χ0n) is 13.0. The van der Waals surface area contributed by atoms with Crippen molar-refractivity contribution in [2.24, 2.45) is 0 Å². The number of anilines is 1. The van der Waals surface area contributed by atoms with Crippen LogP contribution < -0.4 is 4.90 Å². The van der Waals surface area contributed by atoms with Gasteiger partial charge in [0.05, 0.1) is 24.3 Å². The number of aromatic carboxylic acids is 1. The highest BCUT2D eigenvalue weighted by Gasteiger charge is 2.14. The fourth-order valence-electron chi connectivity index (χ4n) is 2.99. The third-order valence-corrected chi connectivity index (χ3v) is 4.26. The van der Waals surface area contributed by atoms with Crippen LogP contribution in [0.3, 0.4) is 0 Å². The number of carboxylic acids is 1. The minimum Gasteiger partial charge on any atom is -0.478 e. The predicted molar refractivity (Wildman–Crippen MR) is 91.5 cm³/mol. The monoisotopic (exact) mass is 323 g/mol. The number of carboxylic acid groups (broad SMARTS) is 1. The van der Waals surface area contributed by atoms with Crippen LogP contribution in [0.25, 0.3) is 22.4 Å². The molecule has 1 saturated heterocycles. The average Bonchev–Trinajstić information content (AvgIpc) is 3.06. The van der Waals surface area contributed by atoms with E-state index in [0.717, 1.165) is 43.1 Å². The van der Waals surface area contributed by atoms with E-state index in [4.69, 9.17) is 4.74 Å². The highest BCUT2D eigenvalue weighted by atomic mass is 16.5. The molecule has 0 bridgehead atoms. The van der Waals surface area contributed by atoms with E-state index in [1.807, 2.05) is 18.2 Å². The molecule has 4 rings (SSSR count). The number of hydrogen-bond acceptors (Lipinski definition) is 4. The molecule has 0 spiro atoms. The molecule has 6 nitrogen and oxygen atoms in total. The molecule has 1 aliphatic rings. The molecule has 1 fully saturated rings. The van der Waals surface area contributed by atoms with Crippen LogP contribution in [0.15, 0.2) is 42.5 Å². The lowest BCUT2D eigenvalue weighted by molar-refractivity contribution is 0.0699. The van der Waals surface area contributed by atoms with E-state index in [0.29, 0.717) is 11.3 Å². The van der Waals surface area contributed by atoms with E-state index >= 15 is 0 Å². The lowest BCUT2D eigenvalue weighted by Crippen LogP contribution is -2.36. The van der Waals surface area contributed by atoms with Crippen LogP contribution in [-0.4, -0.2) is 47.3 Å². The van der Waals surface area contributed by atoms with Crippen molar-refractivity contribution in [3.8, 4) is 11.4 Å². The summed E-state index contributed by atoms with van der Waals surface area (Å²) >= 11 is 0. The van der Waals surface area contributed by atoms with Crippen molar-refractivity contribution in [3.63, 3.8) is 0 Å². The maximum absolute atomic E-state index is 11.3. The van der Waals surface area contributed by atoms with Crippen molar-refractivity contribution < 1.29 is 14.6 Å². The van der Waals surface area contributed by atoms with Gasteiger partial charge in [0.15, 0.2) is 0 Å². The number of aromatic nitrogens is 2. The maximum Gasteiger partial charge on any atom is 0.337 e. The van der Waals surface area contributed by atoms with Gasteiger partial charge in [-0.15, -0.1) is 0 Å². The predicted octanol–water partition coefficient (Wildman–Crippen LogP) is 2.76. The van der Waals surface area contributed by atoms with Gasteiger partial charge in [-0.25, -0.2) is 9.78 Å². The Bertz CT molecular complexity index is 880. The summed E-state index contributed by atoms with van der Waals surface area (Å²) in [4.78, 5) is 21.3. The van der Waals surface area contributed by atoms with Gasteiger partial charge < -0.3 is 19.7 Å². The van der Waals surface area contributed by atoms with Crippen LogP contribution >= 0.6 is 0 Å². The first-order chi connectivity index (χ1) is 11.7. The number of nitrogens with zero attached hydrogens (tertiary/aromatic N) is 2. The Morgan fingerprint density at radius 3 is 2.58 bits per heavy atom. The number of nitrogens with one attached hydrogen (secondary N) is 1. The van der Waals surface area contributed by atoms with Gasteiger partial charge in [-0.05, 0) is 36.4 Å². The second-order valence-corrected chi connectivity index (χ2v) is 5.74. The molecule has 2 N–H and O–H groups in total. The van der Waals surface area contributed by atoms with Crippen molar-refractivity contribution >= 4 is 22.7 Å². The van der Waals surface area contributed by atoms with Crippen LogP contribution in [0.1, 0.15) is 10.4 Å². The number of imidazole rings is 1. The quantitative estimate of drug-likeness (QED) is 0.775. The molecular weight excluding hydrogens is 306 g/mol. The molecule has 1 aliphatic heterocycles. The van der Waals surface area contributed by atoms with Gasteiger partial charge in [0, 0.05) is 24.3 Å². The number of aromatic amines is 1. The molecule has 0 unspecified atom stereocenters. The maximum atomic E-state index is 11.3. The first kappa shape index (κ1) is 14.7. The fraction of sp³-hybridized carbons (Fsp3) is 0.222. The van der Waals surface area contributed by atoms with Crippen molar-refractivity contribution in [1.29, 1.82) is 0 Å². The zero-order valence-corrected chi connectivity index (χ0v) is 13.0. The lowest BCUT2D eigenvalue weighted by atomic mass is 10.2. The number of rotatable bonds is 3. The smallest absolute Gasteiger partial charge is 0.337 e. The van der Waals surface area contributed by atoms with Crippen molar-refractivity contribution in [1.82, 2.24) is 9.97 Å². The van der Waals surface area contributed by atoms with E-state index in [2.05, 4.69) is 27.0 Å². The first-order valence-electron chi connectivity index (χ1n) is 7.87. The molecule has 2 heterocycles. The molecule has 0 saturated carbocycles. The van der Waals surface area contributed by atoms with E-state index < -0.39 is 5.97 Å². The van der Waals surface area contributed by atoms with Crippen LogP contribution in [0.2, 0.25) is 0 Å². The Morgan fingerprint density at radius 2 is 1.88 bits per heavy atom. The number of morpholine rings is 1. The van der Waals surface area contributed by atoms with Gasteiger partial charge in [0.2, 0.25) is 0 Å². The zero-order chi connectivity index (χ0) is 16.5. The number of fused-ring (bicyclic) bond motifs is 1. The van der Waals surface area contributed by atoms with Crippen LogP contribution in [0.5, 0.6) is 0 Å². The lowest BCUT2D eigenvalue weighted by Gasteiger charge is -2.28. The van der Waals surface area contributed by atoms with Gasteiger partial charge in [0.25, 0.3) is 0 Å². The SMILES string of the molecule is O=C(O)c1cccc2[nH]c(-c3ccc(N4CCOCC4)cc3)nc12. The number of hydrogen-bond donors (Lipinski definition) is 2. The number of para-hydroxylation sites is 1. The first-order valence-corrected chi connectivity index (χ1v) is 7.87. The second-order valence-electron chi connectivity index (χ2n) is 5.74. The molecule has 0 radical (unpaired) electrons. The molecule has 2 aromatic carbocycles.